The standard InChI is InChI=1S/C13H19NO2/c1-5-6-13(14-2)10-7-11(15-3)9-12(8-10)16-4/h5,7-9,13-14H,1,6H2,2-4H3. The maximum absolute atomic E-state index is 5.24. The van der Waals surface area contributed by atoms with Gasteiger partial charge in [0.15, 0.2) is 0 Å². The maximum Gasteiger partial charge on any atom is 0.122 e. The van der Waals surface area contributed by atoms with Crippen molar-refractivity contribution in [1.82, 2.24) is 5.32 Å². The molecular formula is C13H19NO2. The van der Waals surface area contributed by atoms with Gasteiger partial charge in [0.25, 0.3) is 0 Å². The Morgan fingerprint density at radius 2 is 1.81 bits per heavy atom. The molecule has 0 saturated heterocycles. The van der Waals surface area contributed by atoms with Crippen molar-refractivity contribution in [2.75, 3.05) is 21.3 Å². The molecule has 0 heterocycles. The van der Waals surface area contributed by atoms with Gasteiger partial charge in [-0.2, -0.15) is 0 Å². The van der Waals surface area contributed by atoms with Gasteiger partial charge in [0.05, 0.1) is 14.2 Å². The van der Waals surface area contributed by atoms with Crippen LogP contribution in [-0.2, 0) is 0 Å². The van der Waals surface area contributed by atoms with E-state index in [1.807, 2.05) is 31.3 Å². The Hall–Kier alpha value is -1.48. The number of rotatable bonds is 6. The minimum absolute atomic E-state index is 0.237. The molecule has 1 N–H and O–H groups in total. The van der Waals surface area contributed by atoms with Crippen LogP contribution in [-0.4, -0.2) is 21.3 Å². The summed E-state index contributed by atoms with van der Waals surface area (Å²) >= 11 is 0. The molecule has 0 aliphatic carbocycles. The smallest absolute Gasteiger partial charge is 0.122 e. The molecule has 88 valence electrons. The molecule has 0 spiro atoms. The van der Waals surface area contributed by atoms with Crippen LogP contribution in [0.4, 0.5) is 0 Å². The van der Waals surface area contributed by atoms with Crippen LogP contribution >= 0.6 is 0 Å². The van der Waals surface area contributed by atoms with E-state index >= 15 is 0 Å². The Balaban J connectivity index is 3.04. The number of hydrogen-bond acceptors (Lipinski definition) is 3. The van der Waals surface area contributed by atoms with Crippen LogP contribution in [0.2, 0.25) is 0 Å². The molecule has 1 aromatic carbocycles. The summed E-state index contributed by atoms with van der Waals surface area (Å²) in [6, 6.07) is 6.12. The molecule has 1 unspecified atom stereocenters. The van der Waals surface area contributed by atoms with Gasteiger partial charge < -0.3 is 14.8 Å². The summed E-state index contributed by atoms with van der Waals surface area (Å²) in [6.45, 7) is 3.76. The van der Waals surface area contributed by atoms with Crippen LogP contribution in [0.5, 0.6) is 11.5 Å². The molecule has 0 aromatic heterocycles. The fourth-order valence-corrected chi connectivity index (χ4v) is 1.62. The van der Waals surface area contributed by atoms with E-state index in [0.29, 0.717) is 0 Å². The van der Waals surface area contributed by atoms with Crippen LogP contribution < -0.4 is 14.8 Å². The van der Waals surface area contributed by atoms with Crippen LogP contribution in [0, 0.1) is 0 Å². The average molecular weight is 221 g/mol. The Bertz CT molecular complexity index is 328. The van der Waals surface area contributed by atoms with Crippen LogP contribution in [0.3, 0.4) is 0 Å². The molecule has 0 aliphatic heterocycles. The fraction of sp³-hybridized carbons (Fsp3) is 0.385. The van der Waals surface area contributed by atoms with Gasteiger partial charge in [-0.15, -0.1) is 6.58 Å². The maximum atomic E-state index is 5.24. The summed E-state index contributed by atoms with van der Waals surface area (Å²) in [5.74, 6) is 1.61. The van der Waals surface area contributed by atoms with Gasteiger partial charge in [-0.25, -0.2) is 0 Å². The summed E-state index contributed by atoms with van der Waals surface area (Å²) in [4.78, 5) is 0. The quantitative estimate of drug-likeness (QED) is 0.749. The Morgan fingerprint density at radius 3 is 2.19 bits per heavy atom. The molecule has 0 aliphatic rings. The molecular weight excluding hydrogens is 202 g/mol. The minimum Gasteiger partial charge on any atom is -0.497 e. The molecule has 0 fully saturated rings. The van der Waals surface area contributed by atoms with Crippen LogP contribution in [0.15, 0.2) is 30.9 Å². The fourth-order valence-electron chi connectivity index (χ4n) is 1.62. The van der Waals surface area contributed by atoms with Gasteiger partial charge in [-0.3, -0.25) is 0 Å². The molecule has 0 saturated carbocycles. The first kappa shape index (κ1) is 12.6. The second-order valence-electron chi connectivity index (χ2n) is 3.51. The van der Waals surface area contributed by atoms with Gasteiger partial charge in [0, 0.05) is 12.1 Å². The second-order valence-corrected chi connectivity index (χ2v) is 3.51. The van der Waals surface area contributed by atoms with Crippen molar-refractivity contribution in [3.63, 3.8) is 0 Å². The van der Waals surface area contributed by atoms with E-state index < -0.39 is 0 Å². The van der Waals surface area contributed by atoms with E-state index in [-0.39, 0.29) is 6.04 Å². The number of hydrogen-bond donors (Lipinski definition) is 1. The Kier molecular flexibility index (Phi) is 4.86. The first-order chi connectivity index (χ1) is 7.74. The lowest BCUT2D eigenvalue weighted by atomic mass is 10.0. The zero-order chi connectivity index (χ0) is 12.0. The topological polar surface area (TPSA) is 30.5 Å². The molecule has 16 heavy (non-hydrogen) atoms. The molecule has 1 atom stereocenters. The third-order valence-electron chi connectivity index (χ3n) is 2.53. The van der Waals surface area contributed by atoms with Crippen LogP contribution in [0.25, 0.3) is 0 Å². The molecule has 0 amide bonds. The highest BCUT2D eigenvalue weighted by atomic mass is 16.5. The predicted octanol–water partition coefficient (Wildman–Crippen LogP) is 2.54. The lowest BCUT2D eigenvalue weighted by Gasteiger charge is -2.16. The lowest BCUT2D eigenvalue weighted by molar-refractivity contribution is 0.392. The van der Waals surface area contributed by atoms with Gasteiger partial charge >= 0.3 is 0 Å². The molecule has 3 nitrogen and oxygen atoms in total. The summed E-state index contributed by atoms with van der Waals surface area (Å²) in [5, 5.41) is 3.24. The zero-order valence-electron chi connectivity index (χ0n) is 10.1. The Labute approximate surface area is 97.1 Å². The highest BCUT2D eigenvalue weighted by Gasteiger charge is 2.10. The monoisotopic (exact) mass is 221 g/mol. The summed E-state index contributed by atoms with van der Waals surface area (Å²) < 4.78 is 10.5. The summed E-state index contributed by atoms with van der Waals surface area (Å²) in [7, 11) is 5.24. The summed E-state index contributed by atoms with van der Waals surface area (Å²) in [6.07, 6.45) is 2.76. The van der Waals surface area contributed by atoms with Crippen molar-refractivity contribution < 1.29 is 9.47 Å². The molecule has 0 radical (unpaired) electrons. The van der Waals surface area contributed by atoms with E-state index in [2.05, 4.69) is 11.9 Å². The van der Waals surface area contributed by atoms with Gasteiger partial charge in [0.1, 0.15) is 11.5 Å². The van der Waals surface area contributed by atoms with Crippen molar-refractivity contribution in [2.24, 2.45) is 0 Å². The number of benzene rings is 1. The van der Waals surface area contributed by atoms with E-state index in [4.69, 9.17) is 9.47 Å². The van der Waals surface area contributed by atoms with Gasteiger partial charge in [-0.1, -0.05) is 6.08 Å². The molecule has 0 bridgehead atoms. The van der Waals surface area contributed by atoms with E-state index in [1.54, 1.807) is 14.2 Å². The molecule has 3 heteroatoms. The third kappa shape index (κ3) is 3.00. The SMILES string of the molecule is C=CCC(NC)c1cc(OC)cc(OC)c1. The van der Waals surface area contributed by atoms with Crippen molar-refractivity contribution in [2.45, 2.75) is 12.5 Å². The van der Waals surface area contributed by atoms with Crippen molar-refractivity contribution >= 4 is 0 Å². The number of ether oxygens (including phenoxy) is 2. The van der Waals surface area contributed by atoms with E-state index in [9.17, 15) is 0 Å². The first-order valence-electron chi connectivity index (χ1n) is 5.26. The minimum atomic E-state index is 0.237. The van der Waals surface area contributed by atoms with E-state index in [1.165, 1.54) is 0 Å². The molecule has 1 aromatic rings. The third-order valence-corrected chi connectivity index (χ3v) is 2.53. The number of nitrogens with one attached hydrogen (secondary N) is 1. The predicted molar refractivity (Wildman–Crippen MR) is 66.2 cm³/mol. The largest absolute Gasteiger partial charge is 0.497 e. The number of methoxy groups -OCH3 is 2. The highest BCUT2D eigenvalue weighted by Crippen LogP contribution is 2.27. The highest BCUT2D eigenvalue weighted by molar-refractivity contribution is 5.40. The Morgan fingerprint density at radius 1 is 1.25 bits per heavy atom. The molecule has 1 rings (SSSR count). The van der Waals surface area contributed by atoms with Gasteiger partial charge in [-0.05, 0) is 31.2 Å². The zero-order valence-corrected chi connectivity index (χ0v) is 10.1. The first-order valence-corrected chi connectivity index (χ1v) is 5.26. The van der Waals surface area contributed by atoms with Crippen molar-refractivity contribution in [3.05, 3.63) is 36.4 Å². The lowest BCUT2D eigenvalue weighted by Crippen LogP contribution is -2.15. The average Bonchev–Trinajstić information content (AvgIpc) is 2.35. The van der Waals surface area contributed by atoms with Gasteiger partial charge in [0.2, 0.25) is 0 Å². The van der Waals surface area contributed by atoms with Crippen molar-refractivity contribution in [3.8, 4) is 11.5 Å². The van der Waals surface area contributed by atoms with Crippen molar-refractivity contribution in [1.29, 1.82) is 0 Å². The van der Waals surface area contributed by atoms with Crippen LogP contribution in [0.1, 0.15) is 18.0 Å². The normalized spacial score (nSPS) is 11.9. The van der Waals surface area contributed by atoms with E-state index in [0.717, 1.165) is 23.5 Å². The summed E-state index contributed by atoms with van der Waals surface area (Å²) in [5.41, 5.74) is 1.14. The second kappa shape index (κ2) is 6.18.